The highest BCUT2D eigenvalue weighted by Crippen LogP contribution is 2.63. The van der Waals surface area contributed by atoms with Crippen LogP contribution in [0, 0.1) is 16.7 Å². The van der Waals surface area contributed by atoms with E-state index in [2.05, 4.69) is 13.8 Å². The van der Waals surface area contributed by atoms with Crippen LogP contribution in [-0.4, -0.2) is 46.4 Å². The zero-order valence-corrected chi connectivity index (χ0v) is 17.5. The first-order valence-electron chi connectivity index (χ1n) is 10.1. The van der Waals surface area contributed by atoms with Gasteiger partial charge in [0.1, 0.15) is 12.7 Å². The van der Waals surface area contributed by atoms with Crippen LogP contribution in [0.25, 0.3) is 0 Å². The standard InChI is InChI=1S/C23H28O7/c1-21(2)11-8-12-22(3)19(21)16(13-15-14-29-20(27)23(15,22)28)30-18(26)10-7-5-4-6-9-17(24)25/h4-7,9-10,13,16,19,28H,8,11-12,14H2,1-3H3,(H,24,25)/b5-4+,9-6+,10-7+/t16-,19+,22+,23+/m1/s1. The number of aliphatic carboxylic acids is 1. The summed E-state index contributed by atoms with van der Waals surface area (Å²) in [5, 5.41) is 20.0. The Labute approximate surface area is 175 Å². The number of allylic oxidation sites excluding steroid dienone is 4. The van der Waals surface area contributed by atoms with Crippen LogP contribution in [0.15, 0.2) is 48.1 Å². The first-order valence-corrected chi connectivity index (χ1v) is 10.1. The predicted octanol–water partition coefficient (Wildman–Crippen LogP) is 2.71. The summed E-state index contributed by atoms with van der Waals surface area (Å²) in [7, 11) is 0. The lowest BCUT2D eigenvalue weighted by atomic mass is 9.46. The molecule has 1 saturated carbocycles. The molecule has 0 aromatic heterocycles. The third-order valence-electron chi connectivity index (χ3n) is 6.74. The zero-order valence-electron chi connectivity index (χ0n) is 17.5. The highest BCUT2D eigenvalue weighted by atomic mass is 16.6. The molecule has 2 fully saturated rings. The normalized spacial score (nSPS) is 35.2. The van der Waals surface area contributed by atoms with Crippen molar-refractivity contribution in [1.29, 1.82) is 0 Å². The van der Waals surface area contributed by atoms with Crippen molar-refractivity contribution in [3.05, 3.63) is 48.1 Å². The predicted molar refractivity (Wildman–Crippen MR) is 108 cm³/mol. The van der Waals surface area contributed by atoms with Crippen molar-refractivity contribution in [2.24, 2.45) is 16.7 Å². The van der Waals surface area contributed by atoms with Gasteiger partial charge in [0.2, 0.25) is 0 Å². The monoisotopic (exact) mass is 416 g/mol. The number of cyclic esters (lactones) is 1. The number of esters is 2. The lowest BCUT2D eigenvalue weighted by Crippen LogP contribution is -2.65. The zero-order chi connectivity index (χ0) is 22.2. The fraction of sp³-hybridized carbons (Fsp3) is 0.522. The minimum Gasteiger partial charge on any atom is -0.478 e. The van der Waals surface area contributed by atoms with E-state index in [1.807, 2.05) is 6.92 Å². The van der Waals surface area contributed by atoms with Gasteiger partial charge < -0.3 is 19.7 Å². The van der Waals surface area contributed by atoms with E-state index < -0.39 is 35.0 Å². The maximum Gasteiger partial charge on any atom is 0.343 e. The Morgan fingerprint density at radius 2 is 1.80 bits per heavy atom. The molecule has 4 atom stereocenters. The molecule has 2 aliphatic carbocycles. The van der Waals surface area contributed by atoms with Crippen LogP contribution < -0.4 is 0 Å². The van der Waals surface area contributed by atoms with Crippen LogP contribution in [0.1, 0.15) is 40.0 Å². The third-order valence-corrected chi connectivity index (χ3v) is 6.74. The molecule has 2 N–H and O–H groups in total. The van der Waals surface area contributed by atoms with Gasteiger partial charge in [-0.25, -0.2) is 14.4 Å². The smallest absolute Gasteiger partial charge is 0.343 e. The molecule has 0 aromatic carbocycles. The van der Waals surface area contributed by atoms with Crippen molar-refractivity contribution in [3.8, 4) is 0 Å². The van der Waals surface area contributed by atoms with E-state index in [-0.39, 0.29) is 17.9 Å². The Hall–Kier alpha value is -2.67. The second-order valence-electron chi connectivity index (χ2n) is 9.06. The maximum atomic E-state index is 12.5. The molecule has 1 aliphatic heterocycles. The van der Waals surface area contributed by atoms with E-state index >= 15 is 0 Å². The number of ether oxygens (including phenoxy) is 2. The maximum absolute atomic E-state index is 12.5. The molecule has 3 aliphatic rings. The summed E-state index contributed by atoms with van der Waals surface area (Å²) in [4.78, 5) is 35.4. The second kappa shape index (κ2) is 7.87. The molecule has 162 valence electrons. The minimum absolute atomic E-state index is 0.000607. The summed E-state index contributed by atoms with van der Waals surface area (Å²) in [6.45, 7) is 6.05. The van der Waals surface area contributed by atoms with Crippen molar-refractivity contribution in [2.75, 3.05) is 6.61 Å². The molecule has 0 spiro atoms. The van der Waals surface area contributed by atoms with Gasteiger partial charge in [-0.05, 0) is 24.3 Å². The summed E-state index contributed by atoms with van der Waals surface area (Å²) < 4.78 is 11.0. The number of carbonyl (C=O) groups excluding carboxylic acids is 2. The van der Waals surface area contributed by atoms with Gasteiger partial charge in [-0.3, -0.25) is 0 Å². The van der Waals surface area contributed by atoms with Crippen LogP contribution >= 0.6 is 0 Å². The number of hydrogen-bond donors (Lipinski definition) is 2. The summed E-state index contributed by atoms with van der Waals surface area (Å²) in [6, 6.07) is 0. The second-order valence-corrected chi connectivity index (χ2v) is 9.06. The van der Waals surface area contributed by atoms with E-state index in [0.717, 1.165) is 18.9 Å². The van der Waals surface area contributed by atoms with Crippen molar-refractivity contribution in [2.45, 2.75) is 51.7 Å². The summed E-state index contributed by atoms with van der Waals surface area (Å²) >= 11 is 0. The fourth-order valence-electron chi connectivity index (χ4n) is 5.52. The molecule has 0 radical (unpaired) electrons. The highest BCUT2D eigenvalue weighted by molar-refractivity contribution is 5.88. The van der Waals surface area contributed by atoms with Gasteiger partial charge in [-0.1, -0.05) is 51.5 Å². The van der Waals surface area contributed by atoms with Gasteiger partial charge in [-0.15, -0.1) is 0 Å². The van der Waals surface area contributed by atoms with E-state index in [1.165, 1.54) is 30.4 Å². The quantitative estimate of drug-likeness (QED) is 0.307. The number of carboxylic acid groups (broad SMARTS) is 1. The van der Waals surface area contributed by atoms with E-state index in [1.54, 1.807) is 6.08 Å². The molecule has 30 heavy (non-hydrogen) atoms. The molecule has 7 nitrogen and oxygen atoms in total. The van der Waals surface area contributed by atoms with Gasteiger partial charge in [-0.2, -0.15) is 0 Å². The van der Waals surface area contributed by atoms with Crippen molar-refractivity contribution in [1.82, 2.24) is 0 Å². The van der Waals surface area contributed by atoms with Gasteiger partial charge in [0.25, 0.3) is 0 Å². The molecule has 0 aromatic rings. The van der Waals surface area contributed by atoms with Gasteiger partial charge in [0.15, 0.2) is 5.60 Å². The van der Waals surface area contributed by atoms with E-state index in [4.69, 9.17) is 14.6 Å². The van der Waals surface area contributed by atoms with Gasteiger partial charge >= 0.3 is 17.9 Å². The number of hydrogen-bond acceptors (Lipinski definition) is 6. The fourth-order valence-corrected chi connectivity index (χ4v) is 5.52. The Morgan fingerprint density at radius 1 is 1.13 bits per heavy atom. The Balaban J connectivity index is 1.85. The summed E-state index contributed by atoms with van der Waals surface area (Å²) in [5.74, 6) is -2.49. The number of carbonyl (C=O) groups is 3. The third kappa shape index (κ3) is 3.62. The van der Waals surface area contributed by atoms with E-state index in [0.29, 0.717) is 12.0 Å². The Morgan fingerprint density at radius 3 is 2.47 bits per heavy atom. The SMILES string of the molecule is CC1(C)CCC[C@@]2(C)[C@H]1[C@H](OC(=O)/C=C/C=C/C=C/C(=O)O)C=C1COC(=O)[C@@]12O. The largest absolute Gasteiger partial charge is 0.478 e. The molecular formula is C23H28O7. The lowest BCUT2D eigenvalue weighted by molar-refractivity contribution is -0.194. The molecule has 1 heterocycles. The number of fused-ring (bicyclic) bond motifs is 3. The van der Waals surface area contributed by atoms with Crippen molar-refractivity contribution < 1.29 is 34.1 Å². The summed E-state index contributed by atoms with van der Waals surface area (Å²) in [6.07, 6.45) is 11.5. The minimum atomic E-state index is -1.69. The van der Waals surface area contributed by atoms with Crippen LogP contribution in [-0.2, 0) is 23.9 Å². The number of rotatable bonds is 5. The van der Waals surface area contributed by atoms with Crippen molar-refractivity contribution in [3.63, 3.8) is 0 Å². The average Bonchev–Trinajstić information content (AvgIpc) is 2.93. The highest BCUT2D eigenvalue weighted by Gasteiger charge is 2.69. The molecule has 0 bridgehead atoms. The molecule has 0 unspecified atom stereocenters. The molecular weight excluding hydrogens is 388 g/mol. The lowest BCUT2D eigenvalue weighted by Gasteiger charge is -2.59. The van der Waals surface area contributed by atoms with Crippen LogP contribution in [0.2, 0.25) is 0 Å². The Bertz CT molecular complexity index is 863. The Kier molecular flexibility index (Phi) is 5.78. The van der Waals surface area contributed by atoms with Gasteiger partial charge in [0.05, 0.1) is 0 Å². The van der Waals surface area contributed by atoms with Gasteiger partial charge in [0, 0.05) is 29.1 Å². The first kappa shape index (κ1) is 22.0. The molecule has 0 amide bonds. The molecule has 1 saturated heterocycles. The number of carboxylic acids is 1. The van der Waals surface area contributed by atoms with E-state index in [9.17, 15) is 19.5 Å². The topological polar surface area (TPSA) is 110 Å². The molecule has 7 heteroatoms. The van der Waals surface area contributed by atoms with Crippen LogP contribution in [0.5, 0.6) is 0 Å². The van der Waals surface area contributed by atoms with Crippen LogP contribution in [0.4, 0.5) is 0 Å². The number of aliphatic hydroxyl groups is 1. The summed E-state index contributed by atoms with van der Waals surface area (Å²) in [5.41, 5.74) is -2.29. The molecule has 3 rings (SSSR count). The van der Waals surface area contributed by atoms with Crippen LogP contribution in [0.3, 0.4) is 0 Å². The average molecular weight is 416 g/mol. The van der Waals surface area contributed by atoms with Crippen molar-refractivity contribution >= 4 is 17.9 Å². The first-order chi connectivity index (χ1) is 14.0.